The van der Waals surface area contributed by atoms with Crippen molar-refractivity contribution in [2.45, 2.75) is 37.5 Å². The number of benzene rings is 1. The summed E-state index contributed by atoms with van der Waals surface area (Å²) in [7, 11) is -10.6. The van der Waals surface area contributed by atoms with Crippen LogP contribution < -0.4 is 11.2 Å². The van der Waals surface area contributed by atoms with Crippen molar-refractivity contribution in [3.63, 3.8) is 0 Å². The Morgan fingerprint density at radius 3 is 2.38 bits per heavy atom. The lowest BCUT2D eigenvalue weighted by atomic mass is 10.1. The molecule has 0 radical (unpaired) electrons. The summed E-state index contributed by atoms with van der Waals surface area (Å²) < 4.78 is 37.5. The number of ether oxygens (including phenoxy) is 1. The first kappa shape index (κ1) is 26.9. The number of rotatable bonds is 9. The molecule has 3 unspecified atom stereocenters. The Morgan fingerprint density at radius 1 is 1.06 bits per heavy atom. The number of hydrogen-bond acceptors (Lipinski definition) is 9. The minimum absolute atomic E-state index is 0.0481. The number of aryl methyl sites for hydroxylation is 1. The standard InChI is InChI=1S/C17H21ClN2O12P2/c18-11-4-2-1-3-10(11)5-7-19-13(21)6-8-20(17(19)24)16-15(23)14(22)12(31-16)9-30-34(28,29)32-33(25,26)27/h1-4,6,8,12,14-16,22-23H,5,7,9H2,(H,28,29)(H2,25,26,27)/t12-,14?,15?,16-/m1/s1. The molecule has 0 spiro atoms. The Labute approximate surface area is 196 Å². The molecule has 2 aromatic rings. The molecule has 2 heterocycles. The zero-order valence-electron chi connectivity index (χ0n) is 17.2. The Kier molecular flexibility index (Phi) is 8.33. The molecule has 1 aliphatic rings. The largest absolute Gasteiger partial charge is 0.481 e. The summed E-state index contributed by atoms with van der Waals surface area (Å²) in [6, 6.07) is 7.92. The maximum atomic E-state index is 12.9. The smallest absolute Gasteiger partial charge is 0.387 e. The Balaban J connectivity index is 1.76. The quantitative estimate of drug-likeness (QED) is 0.260. The van der Waals surface area contributed by atoms with E-state index >= 15 is 0 Å². The van der Waals surface area contributed by atoms with E-state index in [2.05, 4.69) is 8.83 Å². The predicted octanol–water partition coefficient (Wildman–Crippen LogP) is -0.248. The first-order valence-electron chi connectivity index (χ1n) is 9.60. The third-order valence-corrected chi connectivity index (χ3v) is 7.40. The third kappa shape index (κ3) is 6.51. The van der Waals surface area contributed by atoms with E-state index in [4.69, 9.17) is 26.1 Å². The van der Waals surface area contributed by atoms with Gasteiger partial charge in [0.15, 0.2) is 6.23 Å². The first-order valence-corrected chi connectivity index (χ1v) is 13.0. The lowest BCUT2D eigenvalue weighted by Gasteiger charge is -2.19. The van der Waals surface area contributed by atoms with Crippen molar-refractivity contribution in [2.24, 2.45) is 0 Å². The minimum Gasteiger partial charge on any atom is -0.387 e. The highest BCUT2D eigenvalue weighted by molar-refractivity contribution is 7.60. The van der Waals surface area contributed by atoms with Gasteiger partial charge in [-0.05, 0) is 18.1 Å². The third-order valence-electron chi connectivity index (χ3n) is 4.88. The van der Waals surface area contributed by atoms with E-state index in [0.717, 1.165) is 21.4 Å². The molecule has 3 rings (SSSR count). The molecule has 1 aromatic heterocycles. The molecule has 1 aliphatic heterocycles. The van der Waals surface area contributed by atoms with Crippen molar-refractivity contribution < 1.29 is 47.6 Å². The van der Waals surface area contributed by atoms with Crippen LogP contribution in [0.2, 0.25) is 5.02 Å². The number of aliphatic hydroxyl groups excluding tert-OH is 2. The van der Waals surface area contributed by atoms with Gasteiger partial charge in [0.1, 0.15) is 18.3 Å². The maximum absolute atomic E-state index is 12.9. The van der Waals surface area contributed by atoms with Crippen LogP contribution in [0.25, 0.3) is 0 Å². The molecule has 0 bridgehead atoms. The van der Waals surface area contributed by atoms with Gasteiger partial charge in [0.2, 0.25) is 0 Å². The van der Waals surface area contributed by atoms with Gasteiger partial charge in [0, 0.05) is 23.8 Å². The zero-order valence-corrected chi connectivity index (χ0v) is 19.7. The second-order valence-corrected chi connectivity index (χ2v) is 10.5. The molecule has 1 saturated heterocycles. The van der Waals surface area contributed by atoms with Gasteiger partial charge in [-0.1, -0.05) is 29.8 Å². The second-order valence-electron chi connectivity index (χ2n) is 7.22. The van der Waals surface area contributed by atoms with Crippen LogP contribution in [0, 0.1) is 0 Å². The lowest BCUT2D eigenvalue weighted by Crippen LogP contribution is -2.43. The molecule has 0 aliphatic carbocycles. The highest BCUT2D eigenvalue weighted by Crippen LogP contribution is 2.57. The molecule has 5 N–H and O–H groups in total. The number of hydrogen-bond donors (Lipinski definition) is 5. The monoisotopic (exact) mass is 542 g/mol. The molecule has 5 atom stereocenters. The molecular weight excluding hydrogens is 522 g/mol. The van der Waals surface area contributed by atoms with Crippen molar-refractivity contribution in [3.05, 3.63) is 68.0 Å². The van der Waals surface area contributed by atoms with E-state index in [9.17, 15) is 33.8 Å². The van der Waals surface area contributed by atoms with Crippen LogP contribution in [0.3, 0.4) is 0 Å². The molecule has 1 aromatic carbocycles. The van der Waals surface area contributed by atoms with Crippen LogP contribution in [-0.2, 0) is 35.7 Å². The molecule has 1 fully saturated rings. The van der Waals surface area contributed by atoms with Crippen LogP contribution in [0.4, 0.5) is 0 Å². The highest BCUT2D eigenvalue weighted by atomic mass is 35.5. The summed E-state index contributed by atoms with van der Waals surface area (Å²) in [6.45, 7) is -0.975. The Bertz CT molecular complexity index is 1240. The molecule has 0 saturated carbocycles. The van der Waals surface area contributed by atoms with E-state index in [1.54, 1.807) is 24.3 Å². The average molecular weight is 543 g/mol. The zero-order chi connectivity index (χ0) is 25.3. The lowest BCUT2D eigenvalue weighted by molar-refractivity contribution is -0.0548. The van der Waals surface area contributed by atoms with Crippen LogP contribution >= 0.6 is 27.2 Å². The van der Waals surface area contributed by atoms with Crippen LogP contribution in [0.15, 0.2) is 46.1 Å². The van der Waals surface area contributed by atoms with E-state index in [0.29, 0.717) is 10.6 Å². The van der Waals surface area contributed by atoms with Crippen LogP contribution in [0.1, 0.15) is 11.8 Å². The molecule has 34 heavy (non-hydrogen) atoms. The van der Waals surface area contributed by atoms with Crippen LogP contribution in [-0.4, -0.2) is 58.9 Å². The fourth-order valence-corrected chi connectivity index (χ4v) is 5.12. The fourth-order valence-electron chi connectivity index (χ4n) is 3.29. The summed E-state index contributed by atoms with van der Waals surface area (Å²) in [5.74, 6) is 0. The summed E-state index contributed by atoms with van der Waals surface area (Å²) in [5, 5.41) is 21.0. The number of halogens is 1. The Hall–Kier alpha value is -1.67. The normalized spacial score (nSPS) is 24.8. The van der Waals surface area contributed by atoms with Crippen LogP contribution in [0.5, 0.6) is 0 Å². The highest BCUT2D eigenvalue weighted by Gasteiger charge is 2.46. The van der Waals surface area contributed by atoms with Gasteiger partial charge in [0.25, 0.3) is 5.56 Å². The van der Waals surface area contributed by atoms with E-state index < -0.39 is 58.0 Å². The van der Waals surface area contributed by atoms with Gasteiger partial charge in [0.05, 0.1) is 6.61 Å². The molecule has 188 valence electrons. The number of nitrogens with zero attached hydrogens (tertiary/aromatic N) is 2. The average Bonchev–Trinajstić information content (AvgIpc) is 3.00. The predicted molar refractivity (Wildman–Crippen MR) is 115 cm³/mol. The molecule has 0 amide bonds. The van der Waals surface area contributed by atoms with E-state index in [1.165, 1.54) is 0 Å². The van der Waals surface area contributed by atoms with Crippen molar-refractivity contribution in [1.82, 2.24) is 9.13 Å². The molecular formula is C17H21ClN2O12P2. The van der Waals surface area contributed by atoms with Gasteiger partial charge in [-0.25, -0.2) is 13.9 Å². The second kappa shape index (κ2) is 10.5. The van der Waals surface area contributed by atoms with Gasteiger partial charge >= 0.3 is 21.3 Å². The van der Waals surface area contributed by atoms with Crippen molar-refractivity contribution in [3.8, 4) is 0 Å². The van der Waals surface area contributed by atoms with E-state index in [1.807, 2.05) is 0 Å². The maximum Gasteiger partial charge on any atom is 0.481 e. The summed E-state index contributed by atoms with van der Waals surface area (Å²) in [5.41, 5.74) is -0.798. The van der Waals surface area contributed by atoms with Crippen molar-refractivity contribution in [1.29, 1.82) is 0 Å². The summed E-state index contributed by atoms with van der Waals surface area (Å²) in [4.78, 5) is 51.8. The summed E-state index contributed by atoms with van der Waals surface area (Å²) >= 11 is 6.10. The fraction of sp³-hybridized carbons (Fsp3) is 0.412. The molecule has 17 heteroatoms. The van der Waals surface area contributed by atoms with Gasteiger partial charge in [-0.2, -0.15) is 4.31 Å². The Morgan fingerprint density at radius 2 is 1.74 bits per heavy atom. The minimum atomic E-state index is -5.36. The van der Waals surface area contributed by atoms with Gasteiger partial charge in [-0.15, -0.1) is 0 Å². The van der Waals surface area contributed by atoms with E-state index in [-0.39, 0.29) is 13.0 Å². The van der Waals surface area contributed by atoms with Gasteiger partial charge in [-0.3, -0.25) is 18.5 Å². The van der Waals surface area contributed by atoms with Gasteiger partial charge < -0.3 is 29.6 Å². The number of phosphoric ester groups is 1. The van der Waals surface area contributed by atoms with Crippen molar-refractivity contribution in [2.75, 3.05) is 6.61 Å². The van der Waals surface area contributed by atoms with Crippen molar-refractivity contribution >= 4 is 27.2 Å². The summed E-state index contributed by atoms with van der Waals surface area (Å²) in [6.07, 6.45) is -5.15. The molecule has 14 nitrogen and oxygen atoms in total. The topological polar surface area (TPSA) is 207 Å². The number of aliphatic hydroxyl groups is 2. The SMILES string of the molecule is O=c1ccn([C@@H]2O[C@H](COP(=O)(O)OP(=O)(O)O)C(O)C2O)c(=O)n1CCc1ccccc1Cl. The first-order chi connectivity index (χ1) is 15.8. The number of phosphoric acid groups is 2. The number of aromatic nitrogens is 2.